The third-order valence-corrected chi connectivity index (χ3v) is 8.19. The van der Waals surface area contributed by atoms with E-state index >= 15 is 0 Å². The Morgan fingerprint density at radius 1 is 0.865 bits per heavy atom. The number of alkyl halides is 8. The second-order valence-corrected chi connectivity index (χ2v) is 12.9. The molecule has 4 saturated carbocycles. The van der Waals surface area contributed by atoms with Gasteiger partial charge in [-0.3, -0.25) is 14.1 Å². The van der Waals surface area contributed by atoms with Gasteiger partial charge in [0.1, 0.15) is 0 Å². The number of halogens is 8. The van der Waals surface area contributed by atoms with E-state index in [1.54, 1.807) is 0 Å². The fraction of sp³-hybridized carbons (Fsp3) is 0.905. The average molecular weight is 574 g/mol. The summed E-state index contributed by atoms with van der Waals surface area (Å²) >= 11 is 0. The van der Waals surface area contributed by atoms with Gasteiger partial charge in [0, 0.05) is 5.41 Å². The van der Waals surface area contributed by atoms with Gasteiger partial charge in [-0.05, 0) is 56.3 Å². The highest BCUT2D eigenvalue weighted by molar-refractivity contribution is 7.86. The molecule has 37 heavy (non-hydrogen) atoms. The van der Waals surface area contributed by atoms with Crippen molar-refractivity contribution < 1.29 is 67.2 Å². The number of ether oxygens (including phenoxy) is 2. The van der Waals surface area contributed by atoms with Gasteiger partial charge in [0.25, 0.3) is 0 Å². The zero-order valence-electron chi connectivity index (χ0n) is 19.9. The number of ketones is 1. The van der Waals surface area contributed by atoms with Crippen molar-refractivity contribution in [1.82, 2.24) is 0 Å². The molecule has 4 bridgehead atoms. The topological polar surface area (TPSA) is 107 Å². The molecule has 2 atom stereocenters. The first-order chi connectivity index (χ1) is 16.4. The van der Waals surface area contributed by atoms with Crippen LogP contribution in [0.5, 0.6) is 0 Å². The van der Waals surface area contributed by atoms with Crippen molar-refractivity contribution in [3.8, 4) is 0 Å². The van der Waals surface area contributed by atoms with Crippen molar-refractivity contribution in [2.24, 2.45) is 28.6 Å². The Balaban J connectivity index is 2.16. The quantitative estimate of drug-likeness (QED) is 0.196. The molecule has 4 rings (SSSR count). The first-order valence-corrected chi connectivity index (χ1v) is 12.7. The van der Waals surface area contributed by atoms with E-state index in [4.69, 9.17) is 4.55 Å². The minimum absolute atomic E-state index is 0.0281. The predicted molar refractivity (Wildman–Crippen MR) is 107 cm³/mol. The smallest absolute Gasteiger partial charge is 0.416 e. The monoisotopic (exact) mass is 574 g/mol. The van der Waals surface area contributed by atoms with Crippen molar-refractivity contribution in [2.75, 3.05) is 0 Å². The average Bonchev–Trinajstić information content (AvgIpc) is 2.65. The molecule has 4 fully saturated rings. The molecule has 0 aliphatic heterocycles. The number of esters is 1. The molecule has 0 heterocycles. The van der Waals surface area contributed by atoms with Crippen LogP contribution in [0.15, 0.2) is 0 Å². The molecule has 0 aromatic rings. The first-order valence-electron chi connectivity index (χ1n) is 11.3. The molecular formula is C21H26F8O7S. The molecule has 0 spiro atoms. The van der Waals surface area contributed by atoms with Crippen LogP contribution in [-0.2, 0) is 29.2 Å². The molecule has 1 N–H and O–H groups in total. The van der Waals surface area contributed by atoms with Crippen LogP contribution in [-0.4, -0.2) is 54.2 Å². The maximum Gasteiger partial charge on any atom is 0.464 e. The summed E-state index contributed by atoms with van der Waals surface area (Å²) in [6.07, 6.45) is -16.0. The van der Waals surface area contributed by atoms with Crippen LogP contribution < -0.4 is 0 Å². The van der Waals surface area contributed by atoms with Crippen LogP contribution in [0, 0.1) is 28.6 Å². The van der Waals surface area contributed by atoms with E-state index in [0.717, 1.165) is 20.8 Å². The summed E-state index contributed by atoms with van der Waals surface area (Å²) in [7, 11) is -7.03. The Labute approximate surface area is 207 Å². The van der Waals surface area contributed by atoms with E-state index < -0.39 is 62.2 Å². The first kappa shape index (κ1) is 30.0. The summed E-state index contributed by atoms with van der Waals surface area (Å²) in [5.74, 6) is -9.62. The maximum absolute atomic E-state index is 14.5. The number of Topliss-reactive ketones (excluding diaryl/α,β-unsaturated/α-hetero) is 1. The van der Waals surface area contributed by atoms with Gasteiger partial charge in [0.15, 0.2) is 0 Å². The van der Waals surface area contributed by atoms with Crippen LogP contribution in [0.25, 0.3) is 0 Å². The van der Waals surface area contributed by atoms with Crippen LogP contribution >= 0.6 is 0 Å². The van der Waals surface area contributed by atoms with E-state index in [-0.39, 0.29) is 37.0 Å². The summed E-state index contributed by atoms with van der Waals surface area (Å²) < 4.78 is 151. The Morgan fingerprint density at radius 2 is 1.27 bits per heavy atom. The van der Waals surface area contributed by atoms with E-state index in [1.807, 2.05) is 0 Å². The zero-order valence-corrected chi connectivity index (χ0v) is 20.7. The molecule has 7 nitrogen and oxygen atoms in total. The lowest BCUT2D eigenvalue weighted by Gasteiger charge is -2.55. The normalized spacial score (nSPS) is 31.1. The van der Waals surface area contributed by atoms with Gasteiger partial charge in [-0.15, -0.1) is 0 Å². The highest BCUT2D eigenvalue weighted by Gasteiger charge is 2.75. The number of rotatable bonds is 7. The Bertz CT molecular complexity index is 1010. The molecule has 0 aromatic heterocycles. The lowest BCUT2D eigenvalue weighted by Crippen LogP contribution is -2.67. The molecule has 0 amide bonds. The molecule has 214 valence electrons. The summed E-state index contributed by atoms with van der Waals surface area (Å²) in [5, 5.41) is -6.41. The van der Waals surface area contributed by atoms with Crippen LogP contribution in [0.4, 0.5) is 35.1 Å². The van der Waals surface area contributed by atoms with Gasteiger partial charge in [-0.2, -0.15) is 43.5 Å². The van der Waals surface area contributed by atoms with Crippen molar-refractivity contribution in [1.29, 1.82) is 0 Å². The molecular weight excluding hydrogens is 548 g/mol. The van der Waals surface area contributed by atoms with Gasteiger partial charge in [-0.25, -0.2) is 0 Å². The third kappa shape index (κ3) is 5.21. The Morgan fingerprint density at radius 3 is 1.57 bits per heavy atom. The highest BCUT2D eigenvalue weighted by Crippen LogP contribution is 2.61. The van der Waals surface area contributed by atoms with Crippen molar-refractivity contribution in [3.05, 3.63) is 0 Å². The molecule has 16 heteroatoms. The fourth-order valence-corrected chi connectivity index (χ4v) is 6.55. The number of hydrogen-bond donors (Lipinski definition) is 1. The second-order valence-electron chi connectivity index (χ2n) is 11.4. The third-order valence-electron chi connectivity index (χ3n) is 7.29. The minimum atomic E-state index is -7.03. The summed E-state index contributed by atoms with van der Waals surface area (Å²) in [6.45, 7) is 2.34. The van der Waals surface area contributed by atoms with Crippen LogP contribution in [0.3, 0.4) is 0 Å². The van der Waals surface area contributed by atoms with Crippen molar-refractivity contribution in [2.45, 2.75) is 88.8 Å². The van der Waals surface area contributed by atoms with E-state index in [9.17, 15) is 53.1 Å². The largest absolute Gasteiger partial charge is 0.464 e. The Kier molecular flexibility index (Phi) is 7.08. The van der Waals surface area contributed by atoms with E-state index in [0.29, 0.717) is 19.3 Å². The van der Waals surface area contributed by atoms with Crippen LogP contribution in [0.1, 0.15) is 59.3 Å². The van der Waals surface area contributed by atoms with Crippen LogP contribution in [0.2, 0.25) is 0 Å². The minimum Gasteiger partial charge on any atom is -0.416 e. The molecule has 0 saturated heterocycles. The maximum atomic E-state index is 14.5. The SMILES string of the molecule is CC(C)(C)C(=O)C(OC(=O)C12CC3CC(CC(C3)C1)C2)(OC(C(F)(F)F)C(F)(F)S(=O)(=O)O)C(F)(F)F. The molecule has 4 aliphatic rings. The van der Waals surface area contributed by atoms with E-state index in [1.165, 1.54) is 0 Å². The lowest BCUT2D eigenvalue weighted by atomic mass is 9.49. The van der Waals surface area contributed by atoms with E-state index in [2.05, 4.69) is 9.47 Å². The molecule has 4 aliphatic carbocycles. The fourth-order valence-electron chi connectivity index (χ4n) is 6.10. The molecule has 2 unspecified atom stereocenters. The predicted octanol–water partition coefficient (Wildman–Crippen LogP) is 5.05. The van der Waals surface area contributed by atoms with Crippen molar-refractivity contribution in [3.63, 3.8) is 0 Å². The standard InChI is InChI=1S/C21H26F8O7S/c1-16(2,3)13(30)18(21(27,28)29,35-14(19(22,23)24)20(25,26)37(32,33)34)36-15(31)17-7-10-4-11(8-17)6-12(5-10)9-17/h10-12,14H,4-9H2,1-3H3,(H,32,33,34). The summed E-state index contributed by atoms with van der Waals surface area (Å²) in [5.41, 5.74) is -3.90. The highest BCUT2D eigenvalue weighted by atomic mass is 32.2. The second kappa shape index (κ2) is 8.73. The molecule has 0 radical (unpaired) electrons. The number of hydrogen-bond acceptors (Lipinski definition) is 6. The lowest BCUT2D eigenvalue weighted by molar-refractivity contribution is -0.398. The number of carbonyl (C=O) groups is 2. The van der Waals surface area contributed by atoms with Gasteiger partial charge in [0.2, 0.25) is 11.9 Å². The number of carbonyl (C=O) groups excluding carboxylic acids is 2. The summed E-state index contributed by atoms with van der Waals surface area (Å²) in [6, 6.07) is 0. The Hall–Kier alpha value is -1.55. The van der Waals surface area contributed by atoms with Gasteiger partial charge < -0.3 is 9.47 Å². The van der Waals surface area contributed by atoms with Gasteiger partial charge in [-0.1, -0.05) is 20.8 Å². The van der Waals surface area contributed by atoms with Gasteiger partial charge >= 0.3 is 39.5 Å². The van der Waals surface area contributed by atoms with Crippen molar-refractivity contribution >= 4 is 21.9 Å². The van der Waals surface area contributed by atoms with Gasteiger partial charge in [0.05, 0.1) is 5.41 Å². The summed E-state index contributed by atoms with van der Waals surface area (Å²) in [4.78, 5) is 26.3. The zero-order chi connectivity index (χ0) is 28.6. The molecule has 0 aromatic carbocycles.